The fourth-order valence-electron chi connectivity index (χ4n) is 2.65. The maximum absolute atomic E-state index is 13.9. The van der Waals surface area contributed by atoms with Crippen molar-refractivity contribution in [3.8, 4) is 0 Å². The zero-order valence-electron chi connectivity index (χ0n) is 12.7. The van der Waals surface area contributed by atoms with Gasteiger partial charge in [-0.1, -0.05) is 18.2 Å². The number of nitrogens with zero attached hydrogens (tertiary/aromatic N) is 1. The van der Waals surface area contributed by atoms with Gasteiger partial charge >= 0.3 is 0 Å². The molecule has 0 radical (unpaired) electrons. The van der Waals surface area contributed by atoms with Crippen molar-refractivity contribution in [1.82, 2.24) is 0 Å². The largest absolute Gasteiger partial charge is 0.370 e. The lowest BCUT2D eigenvalue weighted by Gasteiger charge is -2.40. The molecular weight excluding hydrogens is 305 g/mol. The number of nitrogens with one attached hydrogen (secondary N) is 1. The van der Waals surface area contributed by atoms with Gasteiger partial charge in [0.1, 0.15) is 11.4 Å². The summed E-state index contributed by atoms with van der Waals surface area (Å²) in [7, 11) is 0. The summed E-state index contributed by atoms with van der Waals surface area (Å²) in [5, 5.41) is 2.89. The zero-order chi connectivity index (χ0) is 16.8. The smallest absolute Gasteiger partial charge is 0.252 e. The minimum atomic E-state index is -1.06. The molecule has 6 heteroatoms. The van der Waals surface area contributed by atoms with Crippen LogP contribution in [0.5, 0.6) is 0 Å². The highest BCUT2D eigenvalue weighted by atomic mass is 19.2. The van der Waals surface area contributed by atoms with E-state index in [0.29, 0.717) is 11.3 Å². The molecule has 23 heavy (non-hydrogen) atoms. The van der Waals surface area contributed by atoms with Crippen molar-refractivity contribution in [2.75, 3.05) is 10.2 Å². The molecule has 2 aromatic rings. The second kappa shape index (κ2) is 5.30. The Labute approximate surface area is 131 Å². The molecule has 0 aliphatic carbocycles. The normalized spacial score (nSPS) is 16.0. The van der Waals surface area contributed by atoms with Crippen LogP contribution in [0.15, 0.2) is 36.4 Å². The van der Waals surface area contributed by atoms with Gasteiger partial charge in [0, 0.05) is 17.7 Å². The number of halogens is 3. The number of carbonyl (C=O) groups is 1. The van der Waals surface area contributed by atoms with E-state index in [4.69, 9.17) is 0 Å². The number of hydrogen-bond donors (Lipinski definition) is 1. The van der Waals surface area contributed by atoms with E-state index in [2.05, 4.69) is 5.32 Å². The molecule has 1 N–H and O–H groups in total. The Morgan fingerprint density at radius 3 is 2.39 bits per heavy atom. The fraction of sp³-hybridized carbons (Fsp3) is 0.235. The van der Waals surface area contributed by atoms with Crippen molar-refractivity contribution in [2.45, 2.75) is 25.9 Å². The first kappa shape index (κ1) is 15.4. The number of anilines is 2. The molecule has 1 amide bonds. The summed E-state index contributed by atoms with van der Waals surface area (Å²) in [6.07, 6.45) is 0. The van der Waals surface area contributed by atoms with Crippen LogP contribution in [0.2, 0.25) is 0 Å². The van der Waals surface area contributed by atoms with Crippen LogP contribution in [0.25, 0.3) is 0 Å². The van der Waals surface area contributed by atoms with E-state index >= 15 is 0 Å². The van der Waals surface area contributed by atoms with Gasteiger partial charge in [0.15, 0.2) is 11.6 Å². The Hall–Kier alpha value is -2.50. The summed E-state index contributed by atoms with van der Waals surface area (Å²) in [6.45, 7) is 3.20. The van der Waals surface area contributed by atoms with Gasteiger partial charge in [0.2, 0.25) is 0 Å². The summed E-state index contributed by atoms with van der Waals surface area (Å²) in [4.78, 5) is 13.9. The summed E-state index contributed by atoms with van der Waals surface area (Å²) >= 11 is 0. The summed E-state index contributed by atoms with van der Waals surface area (Å²) < 4.78 is 41.0. The molecule has 2 aromatic carbocycles. The number of rotatable bonds is 2. The molecule has 3 nitrogen and oxygen atoms in total. The van der Waals surface area contributed by atoms with Crippen molar-refractivity contribution in [3.63, 3.8) is 0 Å². The minimum Gasteiger partial charge on any atom is -0.370 e. The van der Waals surface area contributed by atoms with Crippen molar-refractivity contribution < 1.29 is 18.0 Å². The third-order valence-corrected chi connectivity index (χ3v) is 3.84. The predicted molar refractivity (Wildman–Crippen MR) is 81.6 cm³/mol. The lowest BCUT2D eigenvalue weighted by molar-refractivity contribution is -0.122. The summed E-state index contributed by atoms with van der Waals surface area (Å²) in [6, 6.07) is 8.00. The average Bonchev–Trinajstić information content (AvgIpc) is 2.48. The number of amides is 1. The highest BCUT2D eigenvalue weighted by Crippen LogP contribution is 2.37. The second-order valence-corrected chi connectivity index (χ2v) is 6.02. The van der Waals surface area contributed by atoms with Crippen LogP contribution in [-0.4, -0.2) is 11.4 Å². The first-order chi connectivity index (χ1) is 10.8. The molecule has 0 saturated carbocycles. The molecule has 0 aromatic heterocycles. The van der Waals surface area contributed by atoms with Crippen LogP contribution in [0.3, 0.4) is 0 Å². The standard InChI is InChI=1S/C17H15F3N2O/c1-17(2)16(23)22(9-10-5-3-4-6-11(10)18)15-8-13(20)12(19)7-14(15)21-17/h3-8,21H,9H2,1-2H3. The number of carbonyl (C=O) groups excluding carboxylic acids is 1. The van der Waals surface area contributed by atoms with E-state index in [1.54, 1.807) is 32.0 Å². The van der Waals surface area contributed by atoms with Crippen LogP contribution in [-0.2, 0) is 11.3 Å². The lowest BCUT2D eigenvalue weighted by Crippen LogP contribution is -2.53. The molecule has 0 unspecified atom stereocenters. The van der Waals surface area contributed by atoms with Gasteiger partial charge in [-0.3, -0.25) is 4.79 Å². The van der Waals surface area contributed by atoms with Gasteiger partial charge in [0.05, 0.1) is 17.9 Å². The monoisotopic (exact) mass is 320 g/mol. The molecule has 1 aliphatic rings. The van der Waals surface area contributed by atoms with E-state index in [9.17, 15) is 18.0 Å². The fourth-order valence-corrected chi connectivity index (χ4v) is 2.65. The summed E-state index contributed by atoms with van der Waals surface area (Å²) in [5.74, 6) is -2.87. The lowest BCUT2D eigenvalue weighted by atomic mass is 9.97. The Balaban J connectivity index is 2.10. The highest BCUT2D eigenvalue weighted by molar-refractivity contribution is 6.07. The van der Waals surface area contributed by atoms with Crippen molar-refractivity contribution in [3.05, 3.63) is 59.4 Å². The summed E-state index contributed by atoms with van der Waals surface area (Å²) in [5.41, 5.74) is -0.224. The molecule has 0 spiro atoms. The maximum Gasteiger partial charge on any atom is 0.252 e. The Morgan fingerprint density at radius 2 is 1.70 bits per heavy atom. The van der Waals surface area contributed by atoms with Crippen LogP contribution in [0.4, 0.5) is 24.5 Å². The second-order valence-electron chi connectivity index (χ2n) is 6.02. The van der Waals surface area contributed by atoms with Crippen LogP contribution >= 0.6 is 0 Å². The number of fused-ring (bicyclic) bond motifs is 1. The van der Waals surface area contributed by atoms with Gasteiger partial charge in [-0.2, -0.15) is 0 Å². The molecule has 3 rings (SSSR count). The third-order valence-electron chi connectivity index (χ3n) is 3.84. The molecule has 1 heterocycles. The predicted octanol–water partition coefficient (Wildman–Crippen LogP) is 3.84. The number of benzene rings is 2. The van der Waals surface area contributed by atoms with Gasteiger partial charge in [-0.05, 0) is 19.9 Å². The van der Waals surface area contributed by atoms with Gasteiger partial charge in [-0.25, -0.2) is 13.2 Å². The van der Waals surface area contributed by atoms with Crippen molar-refractivity contribution in [1.29, 1.82) is 0 Å². The van der Waals surface area contributed by atoms with Crippen molar-refractivity contribution in [2.24, 2.45) is 0 Å². The van der Waals surface area contributed by atoms with Crippen molar-refractivity contribution >= 4 is 17.3 Å². The maximum atomic E-state index is 13.9. The van der Waals surface area contributed by atoms with Gasteiger partial charge in [0.25, 0.3) is 5.91 Å². The quantitative estimate of drug-likeness (QED) is 0.912. The third kappa shape index (κ3) is 2.65. The van der Waals surface area contributed by atoms with Crippen LogP contribution < -0.4 is 10.2 Å². The molecule has 1 aliphatic heterocycles. The highest BCUT2D eigenvalue weighted by Gasteiger charge is 2.39. The van der Waals surface area contributed by atoms with Gasteiger partial charge in [-0.15, -0.1) is 0 Å². The van der Waals surface area contributed by atoms with E-state index in [1.165, 1.54) is 11.0 Å². The SMILES string of the molecule is CC1(C)Nc2cc(F)c(F)cc2N(Cc2ccccc2F)C1=O. The molecule has 0 saturated heterocycles. The van der Waals surface area contributed by atoms with E-state index < -0.39 is 23.0 Å². The van der Waals surface area contributed by atoms with Crippen LogP contribution in [0.1, 0.15) is 19.4 Å². The first-order valence-electron chi connectivity index (χ1n) is 7.12. The topological polar surface area (TPSA) is 32.3 Å². The number of hydrogen-bond acceptors (Lipinski definition) is 2. The van der Waals surface area contributed by atoms with Crippen LogP contribution in [0, 0.1) is 17.5 Å². The molecule has 0 atom stereocenters. The molecule has 120 valence electrons. The molecule has 0 fully saturated rings. The Morgan fingerprint density at radius 1 is 1.04 bits per heavy atom. The Bertz CT molecular complexity index is 789. The van der Waals surface area contributed by atoms with E-state index in [0.717, 1.165) is 12.1 Å². The Kier molecular flexibility index (Phi) is 3.55. The molecule has 0 bridgehead atoms. The average molecular weight is 320 g/mol. The van der Waals surface area contributed by atoms with E-state index in [1.807, 2.05) is 0 Å². The van der Waals surface area contributed by atoms with E-state index in [-0.39, 0.29) is 18.1 Å². The molecular formula is C17H15F3N2O. The first-order valence-corrected chi connectivity index (χ1v) is 7.12. The zero-order valence-corrected chi connectivity index (χ0v) is 12.7. The van der Waals surface area contributed by atoms with Gasteiger partial charge < -0.3 is 10.2 Å². The minimum absolute atomic E-state index is 0.0608.